The van der Waals surface area contributed by atoms with Crippen LogP contribution >= 0.6 is 0 Å². The Bertz CT molecular complexity index is 330. The third-order valence-electron chi connectivity index (χ3n) is 2.10. The van der Waals surface area contributed by atoms with Crippen molar-refractivity contribution in [1.29, 1.82) is 0 Å². The molecule has 1 heterocycles. The second-order valence-corrected chi connectivity index (χ2v) is 4.12. The van der Waals surface area contributed by atoms with Gasteiger partial charge in [0.05, 0.1) is 0 Å². The van der Waals surface area contributed by atoms with E-state index in [2.05, 4.69) is 27.6 Å². The summed E-state index contributed by atoms with van der Waals surface area (Å²) in [6, 6.07) is 1.89. The van der Waals surface area contributed by atoms with Gasteiger partial charge in [-0.3, -0.25) is 0 Å². The first-order valence-corrected chi connectivity index (χ1v) is 6.29. The number of hydrogen-bond donors (Lipinski definition) is 2. The van der Waals surface area contributed by atoms with Crippen molar-refractivity contribution in [3.63, 3.8) is 0 Å². The molecule has 1 aromatic rings. The summed E-state index contributed by atoms with van der Waals surface area (Å²) in [5.41, 5.74) is 3.13. The second kappa shape index (κ2) is 7.84. The molecule has 0 unspecified atom stereocenters. The summed E-state index contributed by atoms with van der Waals surface area (Å²) in [6.45, 7) is 6.06. The highest BCUT2D eigenvalue weighted by Crippen LogP contribution is 2.12. The summed E-state index contributed by atoms with van der Waals surface area (Å²) in [4.78, 5) is 8.80. The Labute approximate surface area is 109 Å². The van der Waals surface area contributed by atoms with Crippen LogP contribution in [0.15, 0.2) is 6.07 Å². The molecule has 0 aliphatic carbocycles. The van der Waals surface area contributed by atoms with Crippen molar-refractivity contribution in [2.75, 3.05) is 38.0 Å². The third-order valence-corrected chi connectivity index (χ3v) is 2.10. The van der Waals surface area contributed by atoms with E-state index in [1.807, 2.05) is 32.1 Å². The number of nitrogens with one attached hydrogen (secondary N) is 2. The number of hydrazine groups is 1. The molecule has 0 aliphatic rings. The summed E-state index contributed by atoms with van der Waals surface area (Å²) in [6.07, 6.45) is 1.06. The Balaban J connectivity index is 2.81. The van der Waals surface area contributed by atoms with Gasteiger partial charge in [0.1, 0.15) is 18.2 Å². The van der Waals surface area contributed by atoms with Gasteiger partial charge in [0.2, 0.25) is 0 Å². The Hall–Kier alpha value is -1.40. The molecule has 0 atom stereocenters. The molecule has 18 heavy (non-hydrogen) atoms. The maximum Gasteiger partial charge on any atom is 0.158 e. The highest BCUT2D eigenvalue weighted by atomic mass is 16.5. The topological polar surface area (TPSA) is 62.3 Å². The standard InChI is InChI=1S/C12H23N5O/c1-5-7-13-10-8-11(16-17(3)4)15-12(14-10)9-18-6-2/h8H,5-7,9H2,1-4H3,(H2,13,14,15,16). The van der Waals surface area contributed by atoms with Crippen LogP contribution in [0.3, 0.4) is 0 Å². The van der Waals surface area contributed by atoms with Gasteiger partial charge < -0.3 is 15.5 Å². The minimum atomic E-state index is 0.431. The van der Waals surface area contributed by atoms with Crippen LogP contribution in [-0.4, -0.2) is 42.2 Å². The zero-order chi connectivity index (χ0) is 13.4. The van der Waals surface area contributed by atoms with E-state index >= 15 is 0 Å². The monoisotopic (exact) mass is 253 g/mol. The van der Waals surface area contributed by atoms with Crippen molar-refractivity contribution in [1.82, 2.24) is 15.0 Å². The molecule has 0 amide bonds. The Morgan fingerprint density at radius 1 is 1.22 bits per heavy atom. The van der Waals surface area contributed by atoms with E-state index in [9.17, 15) is 0 Å². The molecule has 0 saturated carbocycles. The molecule has 0 bridgehead atoms. The summed E-state index contributed by atoms with van der Waals surface area (Å²) in [5.74, 6) is 2.27. The van der Waals surface area contributed by atoms with E-state index in [0.29, 0.717) is 19.0 Å². The molecular formula is C12H23N5O. The molecule has 1 aromatic heterocycles. The molecule has 2 N–H and O–H groups in total. The Morgan fingerprint density at radius 2 is 1.94 bits per heavy atom. The maximum absolute atomic E-state index is 5.34. The van der Waals surface area contributed by atoms with Gasteiger partial charge in [-0.15, -0.1) is 0 Å². The van der Waals surface area contributed by atoms with E-state index in [1.165, 1.54) is 0 Å². The average Bonchev–Trinajstić information content (AvgIpc) is 2.33. The first kappa shape index (κ1) is 14.7. The SMILES string of the molecule is CCCNc1cc(NN(C)C)nc(COCC)n1. The molecule has 0 fully saturated rings. The molecule has 0 radical (unpaired) electrons. The van der Waals surface area contributed by atoms with E-state index < -0.39 is 0 Å². The van der Waals surface area contributed by atoms with Gasteiger partial charge in [0, 0.05) is 33.3 Å². The van der Waals surface area contributed by atoms with E-state index in [4.69, 9.17) is 4.74 Å². The fourth-order valence-electron chi connectivity index (χ4n) is 1.39. The van der Waals surface area contributed by atoms with Gasteiger partial charge in [-0.25, -0.2) is 15.0 Å². The van der Waals surface area contributed by atoms with Crippen molar-refractivity contribution in [2.45, 2.75) is 26.9 Å². The minimum Gasteiger partial charge on any atom is -0.374 e. The lowest BCUT2D eigenvalue weighted by molar-refractivity contribution is 0.128. The van der Waals surface area contributed by atoms with Crippen LogP contribution in [0.5, 0.6) is 0 Å². The lowest BCUT2D eigenvalue weighted by Gasteiger charge is -2.15. The van der Waals surface area contributed by atoms with Crippen LogP contribution in [-0.2, 0) is 11.3 Å². The van der Waals surface area contributed by atoms with E-state index in [1.54, 1.807) is 0 Å². The van der Waals surface area contributed by atoms with Crippen molar-refractivity contribution < 1.29 is 4.74 Å². The normalized spacial score (nSPS) is 10.7. The quantitative estimate of drug-likeness (QED) is 0.688. The summed E-state index contributed by atoms with van der Waals surface area (Å²) < 4.78 is 5.34. The number of ether oxygens (including phenoxy) is 1. The molecule has 0 saturated heterocycles. The van der Waals surface area contributed by atoms with E-state index in [-0.39, 0.29) is 0 Å². The molecule has 102 valence electrons. The number of rotatable bonds is 8. The highest BCUT2D eigenvalue weighted by Gasteiger charge is 2.05. The second-order valence-electron chi connectivity index (χ2n) is 4.12. The molecule has 6 heteroatoms. The lowest BCUT2D eigenvalue weighted by atomic mass is 10.4. The molecule has 0 spiro atoms. The van der Waals surface area contributed by atoms with Gasteiger partial charge in [-0.05, 0) is 13.3 Å². The van der Waals surface area contributed by atoms with Gasteiger partial charge in [0.15, 0.2) is 5.82 Å². The maximum atomic E-state index is 5.34. The Kier molecular flexibility index (Phi) is 6.38. The molecular weight excluding hydrogens is 230 g/mol. The molecule has 0 aromatic carbocycles. The van der Waals surface area contributed by atoms with Crippen LogP contribution in [0.4, 0.5) is 11.6 Å². The fourth-order valence-corrected chi connectivity index (χ4v) is 1.39. The van der Waals surface area contributed by atoms with Crippen LogP contribution in [0.25, 0.3) is 0 Å². The highest BCUT2D eigenvalue weighted by molar-refractivity contribution is 5.46. The summed E-state index contributed by atoms with van der Waals surface area (Å²) >= 11 is 0. The van der Waals surface area contributed by atoms with Crippen LogP contribution in [0, 0.1) is 0 Å². The van der Waals surface area contributed by atoms with Crippen LogP contribution in [0.1, 0.15) is 26.1 Å². The van der Waals surface area contributed by atoms with Gasteiger partial charge >= 0.3 is 0 Å². The Morgan fingerprint density at radius 3 is 2.56 bits per heavy atom. The number of hydrogen-bond acceptors (Lipinski definition) is 6. The third kappa shape index (κ3) is 5.29. The smallest absolute Gasteiger partial charge is 0.158 e. The average molecular weight is 253 g/mol. The minimum absolute atomic E-state index is 0.431. The summed E-state index contributed by atoms with van der Waals surface area (Å²) in [7, 11) is 3.84. The summed E-state index contributed by atoms with van der Waals surface area (Å²) in [5, 5.41) is 5.10. The molecule has 1 rings (SSSR count). The molecule has 0 aliphatic heterocycles. The van der Waals surface area contributed by atoms with Crippen molar-refractivity contribution in [3.05, 3.63) is 11.9 Å². The number of anilines is 2. The van der Waals surface area contributed by atoms with Gasteiger partial charge in [-0.1, -0.05) is 6.92 Å². The van der Waals surface area contributed by atoms with E-state index in [0.717, 1.165) is 24.6 Å². The predicted octanol–water partition coefficient (Wildman–Crippen LogP) is 1.72. The van der Waals surface area contributed by atoms with Crippen LogP contribution < -0.4 is 10.7 Å². The predicted molar refractivity (Wildman–Crippen MR) is 73.5 cm³/mol. The first-order chi connectivity index (χ1) is 8.65. The molecule has 6 nitrogen and oxygen atoms in total. The van der Waals surface area contributed by atoms with Gasteiger partial charge in [0.25, 0.3) is 0 Å². The fraction of sp³-hybridized carbons (Fsp3) is 0.667. The van der Waals surface area contributed by atoms with Crippen molar-refractivity contribution >= 4 is 11.6 Å². The zero-order valence-electron chi connectivity index (χ0n) is 11.7. The van der Waals surface area contributed by atoms with Gasteiger partial charge in [-0.2, -0.15) is 0 Å². The first-order valence-electron chi connectivity index (χ1n) is 6.29. The van der Waals surface area contributed by atoms with Crippen molar-refractivity contribution in [2.24, 2.45) is 0 Å². The number of aromatic nitrogens is 2. The van der Waals surface area contributed by atoms with Crippen LogP contribution in [0.2, 0.25) is 0 Å². The number of nitrogens with zero attached hydrogens (tertiary/aromatic N) is 3. The van der Waals surface area contributed by atoms with Crippen molar-refractivity contribution in [3.8, 4) is 0 Å². The zero-order valence-corrected chi connectivity index (χ0v) is 11.7. The largest absolute Gasteiger partial charge is 0.374 e. The lowest BCUT2D eigenvalue weighted by Crippen LogP contribution is -2.21.